The molecule has 4 aliphatic rings. The van der Waals surface area contributed by atoms with Crippen LogP contribution >= 0.6 is 0 Å². The van der Waals surface area contributed by atoms with Crippen molar-refractivity contribution >= 4 is 45.2 Å². The first-order chi connectivity index (χ1) is 29.8. The third-order valence-corrected chi connectivity index (χ3v) is 14.6. The van der Waals surface area contributed by atoms with Crippen molar-refractivity contribution in [2.75, 3.05) is 54.6 Å². The number of nitrogens with zero attached hydrogens (tertiary/aromatic N) is 7. The van der Waals surface area contributed by atoms with Gasteiger partial charge in [-0.3, -0.25) is 38.9 Å². The number of rotatable bonds is 11. The number of piperidine rings is 4. The number of benzene rings is 1. The van der Waals surface area contributed by atoms with E-state index in [1.54, 1.807) is 49.8 Å². The molecule has 4 aromatic rings. The van der Waals surface area contributed by atoms with Crippen LogP contribution < -0.4 is 14.9 Å². The van der Waals surface area contributed by atoms with Crippen molar-refractivity contribution in [3.8, 4) is 22.4 Å². The van der Waals surface area contributed by atoms with Gasteiger partial charge >= 0.3 is 0 Å². The Balaban J connectivity index is 0.851. The van der Waals surface area contributed by atoms with Crippen LogP contribution in [0.5, 0.6) is 0 Å². The topological polar surface area (TPSA) is 180 Å². The van der Waals surface area contributed by atoms with Crippen LogP contribution in [-0.4, -0.2) is 107 Å². The van der Waals surface area contributed by atoms with Gasteiger partial charge in [-0.25, -0.2) is 17.8 Å². The highest BCUT2D eigenvalue weighted by Crippen LogP contribution is 2.39. The molecule has 1 aromatic carbocycles. The highest BCUT2D eigenvalue weighted by atomic mass is 32.2. The van der Waals surface area contributed by atoms with Crippen LogP contribution in [0, 0.1) is 17.2 Å². The first-order valence-electron chi connectivity index (χ1n) is 21.7. The minimum absolute atomic E-state index is 0.0469. The van der Waals surface area contributed by atoms with E-state index in [4.69, 9.17) is 5.10 Å². The molecule has 3 aromatic heterocycles. The fourth-order valence-electron chi connectivity index (χ4n) is 9.37. The number of amides is 4. The van der Waals surface area contributed by atoms with Crippen molar-refractivity contribution in [2.24, 2.45) is 11.3 Å². The van der Waals surface area contributed by atoms with Crippen LogP contribution in [0.1, 0.15) is 89.2 Å². The third kappa shape index (κ3) is 9.08. The quantitative estimate of drug-likeness (QED) is 0.182. The number of likely N-dealkylation sites (tertiary alicyclic amines) is 2. The normalized spacial score (nSPS) is 20.2. The first-order valence-corrected chi connectivity index (χ1v) is 23.4. The van der Waals surface area contributed by atoms with Gasteiger partial charge in [0.15, 0.2) is 5.82 Å². The molecule has 7 heterocycles. The minimum Gasteiger partial charge on any atom is -0.357 e. The predicted octanol–water partition coefficient (Wildman–Crippen LogP) is 5.53. The molecule has 0 bridgehead atoms. The molecular weight excluding hydrogens is 814 g/mol. The Morgan fingerprint density at radius 3 is 2.29 bits per heavy atom. The number of hydrogen-bond donors (Lipinski definition) is 2. The molecule has 4 saturated heterocycles. The second kappa shape index (κ2) is 17.9. The van der Waals surface area contributed by atoms with E-state index >= 15 is 4.39 Å². The summed E-state index contributed by atoms with van der Waals surface area (Å²) in [6.45, 7) is 7.30. The van der Waals surface area contributed by atoms with E-state index < -0.39 is 21.3 Å². The SMILES string of the molecule is CCCS(=O)(=O)Nc1cccc(-c2cn(C3CCN(C(=O)C4(C)CCN(C(=O)C5CCN(c6ccc([C@H]7CCC(=O)NC7=O)cn6)CC5)CC4)CC3)nc2-c2ccncc2)c1F. The van der Waals surface area contributed by atoms with E-state index in [0.717, 1.165) is 16.9 Å². The van der Waals surface area contributed by atoms with Crippen LogP contribution in [0.4, 0.5) is 15.9 Å². The van der Waals surface area contributed by atoms with Gasteiger partial charge in [0.2, 0.25) is 33.7 Å². The number of pyridine rings is 2. The summed E-state index contributed by atoms with van der Waals surface area (Å²) >= 11 is 0. The van der Waals surface area contributed by atoms with Crippen molar-refractivity contribution in [1.29, 1.82) is 0 Å². The van der Waals surface area contributed by atoms with E-state index in [-0.39, 0.29) is 58.5 Å². The number of anilines is 2. The van der Waals surface area contributed by atoms with Gasteiger partial charge in [-0.1, -0.05) is 32.0 Å². The summed E-state index contributed by atoms with van der Waals surface area (Å²) < 4.78 is 45.4. The molecule has 1 atom stereocenters. The number of hydrogen-bond acceptors (Lipinski definition) is 10. The number of sulfonamides is 1. The summed E-state index contributed by atoms with van der Waals surface area (Å²) in [4.78, 5) is 66.5. The highest BCUT2D eigenvalue weighted by Gasteiger charge is 2.43. The summed E-state index contributed by atoms with van der Waals surface area (Å²) in [5.74, 6) is -0.731. The Hall–Kier alpha value is -5.71. The fourth-order valence-corrected chi connectivity index (χ4v) is 10.5. The molecule has 15 nitrogen and oxygen atoms in total. The van der Waals surface area contributed by atoms with E-state index in [0.29, 0.717) is 108 Å². The van der Waals surface area contributed by atoms with E-state index in [1.807, 2.05) is 39.7 Å². The number of aromatic nitrogens is 4. The average Bonchev–Trinajstić information content (AvgIpc) is 3.73. The molecule has 0 unspecified atom stereocenters. The lowest BCUT2D eigenvalue weighted by molar-refractivity contribution is -0.149. The van der Waals surface area contributed by atoms with Crippen LogP contribution in [0.15, 0.2) is 67.3 Å². The number of halogens is 1. The van der Waals surface area contributed by atoms with E-state index in [2.05, 4.69) is 24.9 Å². The zero-order chi connectivity index (χ0) is 43.6. The zero-order valence-electron chi connectivity index (χ0n) is 35.3. The van der Waals surface area contributed by atoms with Crippen LogP contribution in [0.3, 0.4) is 0 Å². The number of imide groups is 1. The van der Waals surface area contributed by atoms with E-state index in [1.165, 1.54) is 6.07 Å². The Bertz CT molecular complexity index is 2400. The zero-order valence-corrected chi connectivity index (χ0v) is 36.1. The first kappa shape index (κ1) is 43.0. The number of nitrogens with one attached hydrogen (secondary N) is 2. The Morgan fingerprint density at radius 2 is 1.63 bits per heavy atom. The molecule has 62 heavy (non-hydrogen) atoms. The molecule has 328 valence electrons. The molecular formula is C45H54FN9O6S. The van der Waals surface area contributed by atoms with Gasteiger partial charge < -0.3 is 14.7 Å². The van der Waals surface area contributed by atoms with Gasteiger partial charge in [-0.2, -0.15) is 5.10 Å². The predicted molar refractivity (Wildman–Crippen MR) is 232 cm³/mol. The summed E-state index contributed by atoms with van der Waals surface area (Å²) in [6.07, 6.45) is 11.9. The maximum Gasteiger partial charge on any atom is 0.234 e. The van der Waals surface area contributed by atoms with Crippen molar-refractivity contribution in [3.63, 3.8) is 0 Å². The lowest BCUT2D eigenvalue weighted by Gasteiger charge is -2.44. The fraction of sp³-hybridized carbons (Fsp3) is 0.489. The van der Waals surface area contributed by atoms with Crippen molar-refractivity contribution in [1.82, 2.24) is 34.9 Å². The van der Waals surface area contributed by atoms with Crippen LogP contribution in [-0.2, 0) is 29.2 Å². The highest BCUT2D eigenvalue weighted by molar-refractivity contribution is 7.92. The van der Waals surface area contributed by atoms with Crippen molar-refractivity contribution in [3.05, 3.63) is 78.6 Å². The monoisotopic (exact) mass is 867 g/mol. The summed E-state index contributed by atoms with van der Waals surface area (Å²) in [7, 11) is -3.72. The summed E-state index contributed by atoms with van der Waals surface area (Å²) in [5.41, 5.74) is 2.14. The second-order valence-corrected chi connectivity index (χ2v) is 19.2. The standard InChI is InChI=1S/C45H54FN9O6S/c1-3-27-62(60,61)51-37-6-4-5-35(40(37)46)36-29-55(50-41(36)30-11-19-47-20-12-30)33-15-23-54(24-16-33)44(59)45(2)17-25-53(26-18-45)43(58)31-13-21-52(22-14-31)38-9-7-32(28-48-38)34-8-10-39(56)49-42(34)57/h4-7,9,11-12,19-20,28-29,31,33-34,51H,3,8,10,13-18,21-27H2,1-2H3,(H,49,56,57)/t34-/m1/s1. The third-order valence-electron chi connectivity index (χ3n) is 13.1. The summed E-state index contributed by atoms with van der Waals surface area (Å²) in [5, 5.41) is 7.35. The molecule has 4 aliphatic heterocycles. The molecule has 0 aliphatic carbocycles. The lowest BCUT2D eigenvalue weighted by Crippen LogP contribution is -2.53. The van der Waals surface area contributed by atoms with Crippen LogP contribution in [0.25, 0.3) is 22.4 Å². The van der Waals surface area contributed by atoms with Gasteiger partial charge in [0.25, 0.3) is 0 Å². The maximum atomic E-state index is 16.1. The lowest BCUT2D eigenvalue weighted by atomic mass is 9.78. The van der Waals surface area contributed by atoms with Gasteiger partial charge in [-0.05, 0) is 81.2 Å². The van der Waals surface area contributed by atoms with Gasteiger partial charge in [-0.15, -0.1) is 0 Å². The molecule has 0 spiro atoms. The van der Waals surface area contributed by atoms with Crippen molar-refractivity contribution < 1.29 is 32.0 Å². The molecule has 4 amide bonds. The summed E-state index contributed by atoms with van der Waals surface area (Å²) in [6, 6.07) is 12.0. The molecule has 8 rings (SSSR count). The smallest absolute Gasteiger partial charge is 0.234 e. The van der Waals surface area contributed by atoms with Gasteiger partial charge in [0.05, 0.1) is 23.4 Å². The molecule has 0 saturated carbocycles. The minimum atomic E-state index is -3.72. The molecule has 2 N–H and O–H groups in total. The molecule has 4 fully saturated rings. The van der Waals surface area contributed by atoms with Gasteiger partial charge in [0.1, 0.15) is 11.5 Å². The van der Waals surface area contributed by atoms with E-state index in [9.17, 15) is 27.6 Å². The van der Waals surface area contributed by atoms with Gasteiger partial charge in [0, 0.05) is 98.5 Å². The Morgan fingerprint density at radius 1 is 0.903 bits per heavy atom. The number of carbonyl (C=O) groups excluding carboxylic acids is 4. The maximum absolute atomic E-state index is 16.1. The second-order valence-electron chi connectivity index (χ2n) is 17.3. The van der Waals surface area contributed by atoms with Crippen molar-refractivity contribution in [2.45, 2.75) is 83.6 Å². The Kier molecular flexibility index (Phi) is 12.4. The Labute approximate surface area is 361 Å². The number of carbonyl (C=O) groups is 4. The molecule has 17 heteroatoms. The largest absolute Gasteiger partial charge is 0.357 e. The molecule has 0 radical (unpaired) electrons. The average molecular weight is 868 g/mol. The van der Waals surface area contributed by atoms with Crippen LogP contribution in [0.2, 0.25) is 0 Å².